The first-order valence-electron chi connectivity index (χ1n) is 13.2. The highest BCUT2D eigenvalue weighted by atomic mass is 19.1. The molecule has 0 atom stereocenters. The zero-order valence-electron chi connectivity index (χ0n) is 20.1. The molecule has 0 aliphatic heterocycles. The summed E-state index contributed by atoms with van der Waals surface area (Å²) in [6, 6.07) is 11.0. The Morgan fingerprint density at radius 3 is 2.09 bits per heavy atom. The van der Waals surface area contributed by atoms with Crippen molar-refractivity contribution in [1.82, 2.24) is 0 Å². The lowest BCUT2D eigenvalue weighted by Gasteiger charge is -2.29. The Morgan fingerprint density at radius 1 is 0.938 bits per heavy atom. The first kappa shape index (κ1) is 24.8. The van der Waals surface area contributed by atoms with Gasteiger partial charge >= 0.3 is 0 Å². The van der Waals surface area contributed by atoms with Gasteiger partial charge in [0.25, 0.3) is 0 Å². The van der Waals surface area contributed by atoms with E-state index in [1.165, 1.54) is 108 Å². The second-order valence-electron chi connectivity index (χ2n) is 10.3. The molecule has 3 rings (SSSR count). The van der Waals surface area contributed by atoms with Gasteiger partial charge in [-0.3, -0.25) is 0 Å². The molecule has 0 heterocycles. The summed E-state index contributed by atoms with van der Waals surface area (Å²) >= 11 is 0. The molecule has 2 saturated carbocycles. The van der Waals surface area contributed by atoms with E-state index in [2.05, 4.69) is 37.3 Å². The molecule has 0 bridgehead atoms. The number of nitriles is 1. The van der Waals surface area contributed by atoms with Crippen LogP contribution in [0.4, 0.5) is 4.39 Å². The summed E-state index contributed by atoms with van der Waals surface area (Å²) < 4.78 is 12.8. The molecule has 2 aliphatic carbocycles. The molecule has 0 aromatic heterocycles. The number of aryl methyl sites for hydroxylation is 1. The first-order chi connectivity index (χ1) is 15.7. The van der Waals surface area contributed by atoms with Gasteiger partial charge in [0.15, 0.2) is 5.83 Å². The average Bonchev–Trinajstić information content (AvgIpc) is 2.84. The van der Waals surface area contributed by atoms with Gasteiger partial charge in [-0.25, -0.2) is 0 Å². The van der Waals surface area contributed by atoms with E-state index in [-0.39, 0.29) is 0 Å². The van der Waals surface area contributed by atoms with Gasteiger partial charge in [0.1, 0.15) is 6.07 Å². The third-order valence-corrected chi connectivity index (χ3v) is 7.94. The lowest BCUT2D eigenvalue weighted by Crippen LogP contribution is -2.14. The molecule has 2 fully saturated rings. The van der Waals surface area contributed by atoms with Crippen molar-refractivity contribution in [1.29, 1.82) is 5.26 Å². The van der Waals surface area contributed by atoms with Crippen molar-refractivity contribution in [2.45, 2.75) is 103 Å². The van der Waals surface area contributed by atoms with Gasteiger partial charge in [-0.15, -0.1) is 0 Å². The summed E-state index contributed by atoms with van der Waals surface area (Å²) in [5, 5.41) is 8.45. The van der Waals surface area contributed by atoms with Crippen molar-refractivity contribution in [3.63, 3.8) is 0 Å². The van der Waals surface area contributed by atoms with Gasteiger partial charge in [0.05, 0.1) is 0 Å². The summed E-state index contributed by atoms with van der Waals surface area (Å²) in [6.07, 6.45) is 23.8. The summed E-state index contributed by atoms with van der Waals surface area (Å²) in [7, 11) is 0. The molecule has 0 unspecified atom stereocenters. The Hall–Kier alpha value is -1.88. The number of unbranched alkanes of at least 4 members (excludes halogenated alkanes) is 1. The van der Waals surface area contributed by atoms with E-state index in [9.17, 15) is 4.39 Å². The van der Waals surface area contributed by atoms with Crippen molar-refractivity contribution in [3.05, 3.63) is 59.4 Å². The zero-order valence-corrected chi connectivity index (χ0v) is 20.1. The summed E-state index contributed by atoms with van der Waals surface area (Å²) in [6.45, 7) is 2.25. The number of rotatable bonds is 10. The third kappa shape index (κ3) is 8.23. The Morgan fingerprint density at radius 2 is 1.53 bits per heavy atom. The molecule has 32 heavy (non-hydrogen) atoms. The van der Waals surface area contributed by atoms with Crippen LogP contribution >= 0.6 is 0 Å². The van der Waals surface area contributed by atoms with Gasteiger partial charge in [-0.2, -0.15) is 9.65 Å². The average molecular weight is 436 g/mol. The highest BCUT2D eigenvalue weighted by molar-refractivity contribution is 5.26. The number of nitrogens with zero attached hydrogens (tertiary/aromatic N) is 1. The van der Waals surface area contributed by atoms with Crippen molar-refractivity contribution in [3.8, 4) is 6.07 Å². The maximum absolute atomic E-state index is 12.8. The monoisotopic (exact) mass is 435 g/mol. The van der Waals surface area contributed by atoms with Crippen LogP contribution in [0.25, 0.3) is 0 Å². The Kier molecular flexibility index (Phi) is 10.5. The molecule has 1 aromatic rings. The molecule has 2 heteroatoms. The second-order valence-corrected chi connectivity index (χ2v) is 10.3. The van der Waals surface area contributed by atoms with E-state index < -0.39 is 5.83 Å². The standard InChI is InChI=1S/C30H42FN/c1-2-6-24-15-19-28(20-16-24)29-21-17-26(18-22-29)8-4-3-7-25-11-13-27(14-12-25)9-5-10-30(31)23-32/h5,9-10,15-16,19-20,25-27,29H,2-4,6-8,11-14,17-18,21-22H2,1H3. The number of hydrogen-bond donors (Lipinski definition) is 0. The van der Waals surface area contributed by atoms with Crippen LogP contribution in [0.15, 0.2) is 48.3 Å². The molecule has 0 N–H and O–H groups in total. The quantitative estimate of drug-likeness (QED) is 0.204. The minimum absolute atomic E-state index is 0.562. The van der Waals surface area contributed by atoms with Crippen LogP contribution < -0.4 is 0 Å². The van der Waals surface area contributed by atoms with Crippen LogP contribution in [-0.4, -0.2) is 0 Å². The molecule has 0 amide bonds. The number of halogens is 1. The molecule has 0 saturated heterocycles. The Bertz CT molecular complexity index is 753. The normalized spacial score (nSPS) is 26.8. The van der Waals surface area contributed by atoms with E-state index in [0.29, 0.717) is 5.92 Å². The Labute approximate surface area is 195 Å². The van der Waals surface area contributed by atoms with Gasteiger partial charge in [0, 0.05) is 0 Å². The molecule has 2 aliphatic rings. The highest BCUT2D eigenvalue weighted by Gasteiger charge is 2.23. The van der Waals surface area contributed by atoms with Crippen LogP contribution in [0.3, 0.4) is 0 Å². The largest absolute Gasteiger partial charge is 0.199 e. The van der Waals surface area contributed by atoms with Crippen LogP contribution in [0.2, 0.25) is 0 Å². The summed E-state index contributed by atoms with van der Waals surface area (Å²) in [5.41, 5.74) is 3.05. The lowest BCUT2D eigenvalue weighted by atomic mass is 9.76. The number of benzene rings is 1. The fraction of sp³-hybridized carbons (Fsp3) is 0.633. The summed E-state index contributed by atoms with van der Waals surface area (Å²) in [5.74, 6) is 2.49. The fourth-order valence-electron chi connectivity index (χ4n) is 5.90. The number of allylic oxidation sites excluding steroid dienone is 4. The molecule has 1 aromatic carbocycles. The van der Waals surface area contributed by atoms with Crippen LogP contribution in [0.5, 0.6) is 0 Å². The van der Waals surface area contributed by atoms with Gasteiger partial charge < -0.3 is 0 Å². The predicted molar refractivity (Wildman–Crippen MR) is 133 cm³/mol. The van der Waals surface area contributed by atoms with Gasteiger partial charge in [-0.05, 0) is 98.7 Å². The van der Waals surface area contributed by atoms with Crippen LogP contribution in [0, 0.1) is 29.1 Å². The fourth-order valence-corrected chi connectivity index (χ4v) is 5.90. The van der Waals surface area contributed by atoms with E-state index in [4.69, 9.17) is 5.26 Å². The zero-order chi connectivity index (χ0) is 22.6. The first-order valence-corrected chi connectivity index (χ1v) is 13.2. The maximum Gasteiger partial charge on any atom is 0.199 e. The van der Waals surface area contributed by atoms with Crippen LogP contribution in [0.1, 0.15) is 107 Å². The molecular formula is C30H42FN. The van der Waals surface area contributed by atoms with Gasteiger partial charge in [-0.1, -0.05) is 75.4 Å². The van der Waals surface area contributed by atoms with E-state index in [1.54, 1.807) is 11.6 Å². The van der Waals surface area contributed by atoms with E-state index in [1.807, 2.05) is 0 Å². The van der Waals surface area contributed by atoms with Crippen molar-refractivity contribution in [2.75, 3.05) is 0 Å². The highest BCUT2D eigenvalue weighted by Crippen LogP contribution is 2.38. The third-order valence-electron chi connectivity index (χ3n) is 7.94. The topological polar surface area (TPSA) is 23.8 Å². The maximum atomic E-state index is 12.8. The SMILES string of the molecule is CCCc1ccc(C2CCC(CCCCC3CCC(C=CC=C(F)C#N)CC3)CC2)cc1. The smallest absolute Gasteiger partial charge is 0.195 e. The van der Waals surface area contributed by atoms with Crippen molar-refractivity contribution >= 4 is 0 Å². The molecule has 1 nitrogen and oxygen atoms in total. The lowest BCUT2D eigenvalue weighted by molar-refractivity contribution is 0.273. The summed E-state index contributed by atoms with van der Waals surface area (Å²) in [4.78, 5) is 0. The van der Waals surface area contributed by atoms with Crippen molar-refractivity contribution in [2.24, 2.45) is 17.8 Å². The van der Waals surface area contributed by atoms with Gasteiger partial charge in [0.2, 0.25) is 0 Å². The second kappa shape index (κ2) is 13.6. The molecule has 0 spiro atoms. The molecule has 174 valence electrons. The Balaban J connectivity index is 1.25. The molecule has 0 radical (unpaired) electrons. The minimum Gasteiger partial charge on any atom is -0.195 e. The predicted octanol–water partition coefficient (Wildman–Crippen LogP) is 9.21. The van der Waals surface area contributed by atoms with Crippen molar-refractivity contribution < 1.29 is 4.39 Å². The minimum atomic E-state index is -0.704. The molecular weight excluding hydrogens is 393 g/mol. The number of hydrogen-bond acceptors (Lipinski definition) is 1. The van der Waals surface area contributed by atoms with E-state index >= 15 is 0 Å². The van der Waals surface area contributed by atoms with E-state index in [0.717, 1.165) is 17.8 Å². The van der Waals surface area contributed by atoms with Crippen LogP contribution in [-0.2, 0) is 6.42 Å².